The maximum absolute atomic E-state index is 14.5. The van der Waals surface area contributed by atoms with E-state index in [0.717, 1.165) is 18.4 Å². The lowest BCUT2D eigenvalue weighted by atomic mass is 10.0. The van der Waals surface area contributed by atoms with E-state index in [-0.39, 0.29) is 17.3 Å². The summed E-state index contributed by atoms with van der Waals surface area (Å²) in [5, 5.41) is 0.648. The lowest BCUT2D eigenvalue weighted by Gasteiger charge is -2.07. The van der Waals surface area contributed by atoms with Gasteiger partial charge in [0.2, 0.25) is 5.95 Å². The fraction of sp³-hybridized carbons (Fsp3) is 0.167. The van der Waals surface area contributed by atoms with Gasteiger partial charge in [-0.05, 0) is 31.0 Å². The van der Waals surface area contributed by atoms with Gasteiger partial charge in [0.15, 0.2) is 0 Å². The molecule has 1 N–H and O–H groups in total. The van der Waals surface area contributed by atoms with Crippen LogP contribution >= 0.6 is 0 Å². The second kappa shape index (κ2) is 4.95. The van der Waals surface area contributed by atoms with Crippen LogP contribution in [0.1, 0.15) is 18.9 Å². The molecule has 3 aromatic heterocycles. The zero-order chi connectivity index (χ0) is 17.1. The van der Waals surface area contributed by atoms with E-state index in [0.29, 0.717) is 22.0 Å². The van der Waals surface area contributed by atoms with E-state index in [4.69, 9.17) is 0 Å². The van der Waals surface area contributed by atoms with Crippen LogP contribution in [0.4, 0.5) is 8.78 Å². The van der Waals surface area contributed by atoms with Crippen LogP contribution in [0.2, 0.25) is 0 Å². The number of hydrogen-bond acceptors (Lipinski definition) is 3. The molecule has 1 fully saturated rings. The van der Waals surface area contributed by atoms with Crippen molar-refractivity contribution in [2.75, 3.05) is 0 Å². The molecule has 0 amide bonds. The van der Waals surface area contributed by atoms with Gasteiger partial charge < -0.3 is 4.98 Å². The van der Waals surface area contributed by atoms with Crippen LogP contribution in [-0.2, 0) is 0 Å². The SMILES string of the molecule is O=c1[nH]c2c3cc(-c4ccc(F)nc4)c(F)cc3ncc2n1C1CC1. The molecule has 7 heteroatoms. The molecule has 1 aromatic carbocycles. The van der Waals surface area contributed by atoms with Gasteiger partial charge in [-0.25, -0.2) is 14.2 Å². The van der Waals surface area contributed by atoms with Gasteiger partial charge in [-0.15, -0.1) is 0 Å². The molecule has 0 saturated heterocycles. The molecule has 5 nitrogen and oxygen atoms in total. The fourth-order valence-corrected chi connectivity index (χ4v) is 3.25. The number of benzene rings is 1. The van der Waals surface area contributed by atoms with Gasteiger partial charge in [0, 0.05) is 34.8 Å². The lowest BCUT2D eigenvalue weighted by Crippen LogP contribution is -2.14. The number of nitrogens with one attached hydrogen (secondary N) is 1. The van der Waals surface area contributed by atoms with E-state index in [9.17, 15) is 13.6 Å². The standard InChI is InChI=1S/C18H12F2N4O/c19-13-6-14-12(5-11(13)9-1-4-16(20)22-7-9)17-15(8-21-14)24(10-2-3-10)18(25)23-17/h1,4-8,10H,2-3H2,(H,23,25). The minimum atomic E-state index is -0.625. The van der Waals surface area contributed by atoms with E-state index in [1.165, 1.54) is 24.4 Å². The minimum absolute atomic E-state index is 0.180. The Labute approximate surface area is 140 Å². The predicted octanol–water partition coefficient (Wildman–Crippen LogP) is 3.55. The first-order valence-corrected chi connectivity index (χ1v) is 7.96. The van der Waals surface area contributed by atoms with E-state index >= 15 is 0 Å². The maximum Gasteiger partial charge on any atom is 0.326 e. The molecule has 0 radical (unpaired) electrons. The highest BCUT2D eigenvalue weighted by Gasteiger charge is 2.28. The van der Waals surface area contributed by atoms with Crippen LogP contribution in [0.3, 0.4) is 0 Å². The number of rotatable bonds is 2. The summed E-state index contributed by atoms with van der Waals surface area (Å²) in [5.74, 6) is -1.10. The Morgan fingerprint density at radius 3 is 2.68 bits per heavy atom. The molecule has 0 unspecified atom stereocenters. The first kappa shape index (κ1) is 14.3. The number of halogens is 2. The monoisotopic (exact) mass is 338 g/mol. The summed E-state index contributed by atoms with van der Waals surface area (Å²) < 4.78 is 29.2. The highest BCUT2D eigenvalue weighted by Crippen LogP contribution is 2.37. The minimum Gasteiger partial charge on any atom is -0.305 e. The first-order valence-electron chi connectivity index (χ1n) is 7.96. The number of aromatic nitrogens is 4. The third-order valence-electron chi connectivity index (χ3n) is 4.60. The normalized spacial score (nSPS) is 14.5. The second-order valence-corrected chi connectivity index (χ2v) is 6.27. The summed E-state index contributed by atoms with van der Waals surface area (Å²) in [6, 6.07) is 5.81. The van der Waals surface area contributed by atoms with Crippen LogP contribution < -0.4 is 5.69 Å². The van der Waals surface area contributed by atoms with Crippen LogP contribution in [0.5, 0.6) is 0 Å². The van der Waals surface area contributed by atoms with E-state index < -0.39 is 11.8 Å². The summed E-state index contributed by atoms with van der Waals surface area (Å²) in [7, 11) is 0. The molecule has 4 aromatic rings. The topological polar surface area (TPSA) is 63.6 Å². The molecule has 0 aliphatic heterocycles. The number of hydrogen-bond donors (Lipinski definition) is 1. The molecule has 1 aliphatic rings. The maximum atomic E-state index is 14.5. The van der Waals surface area contributed by atoms with Gasteiger partial charge in [0.1, 0.15) is 5.82 Å². The molecule has 25 heavy (non-hydrogen) atoms. The van der Waals surface area contributed by atoms with Crippen LogP contribution in [0.15, 0.2) is 41.5 Å². The van der Waals surface area contributed by atoms with Crippen molar-refractivity contribution in [2.24, 2.45) is 0 Å². The molecule has 3 heterocycles. The average molecular weight is 338 g/mol. The van der Waals surface area contributed by atoms with Gasteiger partial charge in [-0.2, -0.15) is 4.39 Å². The zero-order valence-corrected chi connectivity index (χ0v) is 13.0. The number of fused-ring (bicyclic) bond motifs is 3. The highest BCUT2D eigenvalue weighted by molar-refractivity contribution is 6.03. The van der Waals surface area contributed by atoms with Gasteiger partial charge in [-0.3, -0.25) is 9.55 Å². The Morgan fingerprint density at radius 2 is 1.96 bits per heavy atom. The lowest BCUT2D eigenvalue weighted by molar-refractivity contribution is 0.583. The number of nitrogens with zero attached hydrogens (tertiary/aromatic N) is 3. The molecule has 0 bridgehead atoms. The van der Waals surface area contributed by atoms with Crippen LogP contribution in [0.25, 0.3) is 33.1 Å². The summed E-state index contributed by atoms with van der Waals surface area (Å²) in [6.45, 7) is 0. The van der Waals surface area contributed by atoms with Crippen molar-refractivity contribution in [1.29, 1.82) is 0 Å². The summed E-state index contributed by atoms with van der Waals surface area (Å²) >= 11 is 0. The van der Waals surface area contributed by atoms with Crippen molar-refractivity contribution < 1.29 is 8.78 Å². The Kier molecular flexibility index (Phi) is 2.83. The second-order valence-electron chi connectivity index (χ2n) is 6.27. The third kappa shape index (κ3) is 2.15. The van der Waals surface area contributed by atoms with Crippen molar-refractivity contribution in [3.05, 3.63) is 58.9 Å². The molecule has 5 rings (SSSR count). The van der Waals surface area contributed by atoms with Crippen molar-refractivity contribution in [1.82, 2.24) is 19.5 Å². The van der Waals surface area contributed by atoms with Crippen molar-refractivity contribution >= 4 is 21.9 Å². The van der Waals surface area contributed by atoms with Crippen molar-refractivity contribution in [3.8, 4) is 11.1 Å². The summed E-state index contributed by atoms with van der Waals surface area (Å²) in [6.07, 6.45) is 4.83. The van der Waals surface area contributed by atoms with Gasteiger partial charge >= 0.3 is 5.69 Å². The van der Waals surface area contributed by atoms with Gasteiger partial charge in [0.05, 0.1) is 22.7 Å². The Hall–Kier alpha value is -3.09. The molecule has 1 saturated carbocycles. The molecule has 0 atom stereocenters. The Morgan fingerprint density at radius 1 is 1.12 bits per heavy atom. The Balaban J connectivity index is 1.82. The van der Waals surface area contributed by atoms with Crippen molar-refractivity contribution in [2.45, 2.75) is 18.9 Å². The summed E-state index contributed by atoms with van der Waals surface area (Å²) in [5.41, 5.74) is 2.37. The Bertz CT molecular complexity index is 1190. The van der Waals surface area contributed by atoms with Gasteiger partial charge in [-0.1, -0.05) is 0 Å². The predicted molar refractivity (Wildman–Crippen MR) is 89.3 cm³/mol. The highest BCUT2D eigenvalue weighted by atomic mass is 19.1. The summed E-state index contributed by atoms with van der Waals surface area (Å²) in [4.78, 5) is 23.0. The number of imidazole rings is 1. The quantitative estimate of drug-likeness (QED) is 0.569. The van der Waals surface area contributed by atoms with Crippen LogP contribution in [0, 0.1) is 11.8 Å². The number of pyridine rings is 2. The van der Waals surface area contributed by atoms with Gasteiger partial charge in [0.25, 0.3) is 0 Å². The first-order chi connectivity index (χ1) is 12.1. The molecule has 124 valence electrons. The number of aromatic amines is 1. The molecular weight excluding hydrogens is 326 g/mol. The largest absolute Gasteiger partial charge is 0.326 e. The van der Waals surface area contributed by atoms with E-state index in [2.05, 4.69) is 15.0 Å². The third-order valence-corrected chi connectivity index (χ3v) is 4.60. The smallest absolute Gasteiger partial charge is 0.305 e. The van der Waals surface area contributed by atoms with Crippen LogP contribution in [-0.4, -0.2) is 19.5 Å². The molecular formula is C18H12F2N4O. The zero-order valence-electron chi connectivity index (χ0n) is 13.0. The average Bonchev–Trinajstić information content (AvgIpc) is 3.37. The number of H-pyrrole nitrogens is 1. The van der Waals surface area contributed by atoms with E-state index in [1.54, 1.807) is 16.8 Å². The molecule has 0 spiro atoms. The van der Waals surface area contributed by atoms with E-state index in [1.807, 2.05) is 0 Å². The van der Waals surface area contributed by atoms with Crippen molar-refractivity contribution in [3.63, 3.8) is 0 Å². The fourth-order valence-electron chi connectivity index (χ4n) is 3.25. The molecule has 1 aliphatic carbocycles.